The van der Waals surface area contributed by atoms with Gasteiger partial charge in [0.25, 0.3) is 0 Å². The first-order valence-corrected chi connectivity index (χ1v) is 8.25. The molecule has 1 nitrogen and oxygen atoms in total. The van der Waals surface area contributed by atoms with Crippen molar-refractivity contribution in [1.82, 2.24) is 0 Å². The summed E-state index contributed by atoms with van der Waals surface area (Å²) in [6.45, 7) is 2.01. The molecule has 3 aromatic rings. The quantitative estimate of drug-likeness (QED) is 0.434. The highest BCUT2D eigenvalue weighted by molar-refractivity contribution is 7.80. The molecule has 2 heteroatoms. The zero-order valence-corrected chi connectivity index (χ0v) is 14.3. The Morgan fingerprint density at radius 2 is 1.08 bits per heavy atom. The highest BCUT2D eigenvalue weighted by Crippen LogP contribution is 2.28. The van der Waals surface area contributed by atoms with Gasteiger partial charge in [0.05, 0.1) is 0 Å². The molecule has 0 saturated heterocycles. The average Bonchev–Trinajstić information content (AvgIpc) is 2.64. The van der Waals surface area contributed by atoms with Crippen molar-refractivity contribution in [3.63, 3.8) is 0 Å². The second-order valence-electron chi connectivity index (χ2n) is 5.43. The summed E-state index contributed by atoms with van der Waals surface area (Å²) >= 11 is 5.55. The van der Waals surface area contributed by atoms with E-state index in [0.29, 0.717) is 5.05 Å². The lowest BCUT2D eigenvalue weighted by Gasteiger charge is -2.15. The van der Waals surface area contributed by atoms with Crippen LogP contribution in [0.15, 0.2) is 96.6 Å². The fraction of sp³-hybridized carbons (Fsp3) is 0.0455. The lowest BCUT2D eigenvalue weighted by Crippen LogP contribution is -2.09. The van der Waals surface area contributed by atoms with Crippen molar-refractivity contribution in [3.05, 3.63) is 108 Å². The van der Waals surface area contributed by atoms with E-state index in [0.717, 1.165) is 28.0 Å². The summed E-state index contributed by atoms with van der Waals surface area (Å²) < 4.78 is 5.87. The third-order valence-electron chi connectivity index (χ3n) is 3.76. The van der Waals surface area contributed by atoms with Gasteiger partial charge in [-0.05, 0) is 48.0 Å². The van der Waals surface area contributed by atoms with Crippen LogP contribution in [0.4, 0.5) is 0 Å². The van der Waals surface area contributed by atoms with E-state index in [9.17, 15) is 0 Å². The molecule has 0 unspecified atom stereocenters. The van der Waals surface area contributed by atoms with Gasteiger partial charge >= 0.3 is 0 Å². The molecule has 0 bridgehead atoms. The molecule has 0 fully saturated rings. The van der Waals surface area contributed by atoms with Crippen LogP contribution in [0.5, 0.6) is 5.75 Å². The van der Waals surface area contributed by atoms with Crippen molar-refractivity contribution in [2.24, 2.45) is 0 Å². The maximum Gasteiger partial charge on any atom is 0.194 e. The van der Waals surface area contributed by atoms with E-state index in [1.807, 2.05) is 73.7 Å². The van der Waals surface area contributed by atoms with Gasteiger partial charge in [0, 0.05) is 5.57 Å². The Hall–Kier alpha value is -2.71. The van der Waals surface area contributed by atoms with Crippen molar-refractivity contribution < 1.29 is 4.74 Å². The maximum absolute atomic E-state index is 5.87. The van der Waals surface area contributed by atoms with Crippen LogP contribution in [0.1, 0.15) is 18.1 Å². The Balaban J connectivity index is 2.03. The molecule has 0 aliphatic heterocycles. The zero-order valence-electron chi connectivity index (χ0n) is 13.5. The first kappa shape index (κ1) is 16.2. The monoisotopic (exact) mass is 330 g/mol. The van der Waals surface area contributed by atoms with E-state index in [1.54, 1.807) is 0 Å². The van der Waals surface area contributed by atoms with E-state index in [-0.39, 0.29) is 0 Å². The van der Waals surface area contributed by atoms with Crippen molar-refractivity contribution >= 4 is 22.8 Å². The normalized spacial score (nSPS) is 10.0. The number of hydrogen-bond acceptors (Lipinski definition) is 2. The van der Waals surface area contributed by atoms with Crippen LogP contribution in [0.2, 0.25) is 0 Å². The average molecular weight is 330 g/mol. The van der Waals surface area contributed by atoms with Gasteiger partial charge in [-0.2, -0.15) is 0 Å². The molecular formula is C22H18OS. The number of para-hydroxylation sites is 1. The molecule has 0 aliphatic carbocycles. The van der Waals surface area contributed by atoms with Crippen molar-refractivity contribution in [2.75, 3.05) is 0 Å². The Labute approximate surface area is 148 Å². The molecule has 3 aromatic carbocycles. The number of thiocarbonyl (C=S) groups is 1. The van der Waals surface area contributed by atoms with Gasteiger partial charge in [-0.3, -0.25) is 0 Å². The van der Waals surface area contributed by atoms with Crippen molar-refractivity contribution in [1.29, 1.82) is 0 Å². The van der Waals surface area contributed by atoms with Crippen LogP contribution in [0.25, 0.3) is 5.57 Å². The van der Waals surface area contributed by atoms with E-state index in [4.69, 9.17) is 17.0 Å². The molecular weight excluding hydrogens is 312 g/mol. The topological polar surface area (TPSA) is 9.23 Å². The van der Waals surface area contributed by atoms with Gasteiger partial charge in [-0.25, -0.2) is 0 Å². The van der Waals surface area contributed by atoms with Crippen LogP contribution in [0, 0.1) is 0 Å². The van der Waals surface area contributed by atoms with E-state index >= 15 is 0 Å². The fourth-order valence-electron chi connectivity index (χ4n) is 2.58. The zero-order chi connectivity index (χ0) is 16.8. The molecule has 0 aromatic heterocycles. The molecule has 0 amide bonds. The number of hydrogen-bond donors (Lipinski definition) is 0. The minimum Gasteiger partial charge on any atom is -0.446 e. The number of ether oxygens (including phenoxy) is 1. The third kappa shape index (κ3) is 3.79. The summed E-state index contributed by atoms with van der Waals surface area (Å²) in [5, 5.41) is 0.490. The first-order valence-electron chi connectivity index (χ1n) is 7.84. The highest BCUT2D eigenvalue weighted by Gasteiger charge is 2.13. The van der Waals surface area contributed by atoms with Crippen molar-refractivity contribution in [3.8, 4) is 5.75 Å². The third-order valence-corrected chi connectivity index (χ3v) is 4.15. The van der Waals surface area contributed by atoms with Crippen LogP contribution in [0.3, 0.4) is 0 Å². The molecule has 0 spiro atoms. The lowest BCUT2D eigenvalue weighted by molar-refractivity contribution is 0.565. The number of benzene rings is 3. The molecule has 0 aliphatic rings. The smallest absolute Gasteiger partial charge is 0.194 e. The molecule has 24 heavy (non-hydrogen) atoms. The standard InChI is InChI=1S/C22H18OS/c1-17(22(24)23-20-15-9-4-10-16-20)21(18-11-5-2-6-12-18)19-13-7-3-8-14-19/h2-16H,1H3. The Kier molecular flexibility index (Phi) is 5.19. The van der Waals surface area contributed by atoms with Crippen LogP contribution in [-0.4, -0.2) is 5.05 Å². The predicted molar refractivity (Wildman–Crippen MR) is 104 cm³/mol. The molecule has 0 saturated carbocycles. The maximum atomic E-state index is 5.87. The van der Waals surface area contributed by atoms with Gasteiger partial charge < -0.3 is 4.74 Å². The molecule has 118 valence electrons. The summed E-state index contributed by atoms with van der Waals surface area (Å²) in [6.07, 6.45) is 0. The molecule has 0 atom stereocenters. The minimum absolute atomic E-state index is 0.490. The Morgan fingerprint density at radius 3 is 1.54 bits per heavy atom. The number of rotatable bonds is 4. The van der Waals surface area contributed by atoms with E-state index in [2.05, 4.69) is 24.3 Å². The Bertz CT molecular complexity index is 795. The van der Waals surface area contributed by atoms with Crippen LogP contribution in [-0.2, 0) is 0 Å². The summed E-state index contributed by atoms with van der Waals surface area (Å²) in [5.41, 5.74) is 4.30. The second-order valence-corrected chi connectivity index (χ2v) is 5.81. The molecule has 3 rings (SSSR count). The minimum atomic E-state index is 0.490. The SMILES string of the molecule is CC(C(=S)Oc1ccccc1)=C(c1ccccc1)c1ccccc1. The van der Waals surface area contributed by atoms with Gasteiger partial charge in [0.15, 0.2) is 5.05 Å². The second kappa shape index (κ2) is 7.71. The molecule has 0 radical (unpaired) electrons. The summed E-state index contributed by atoms with van der Waals surface area (Å²) in [7, 11) is 0. The van der Waals surface area contributed by atoms with Gasteiger partial charge in [0.2, 0.25) is 0 Å². The van der Waals surface area contributed by atoms with Crippen molar-refractivity contribution in [2.45, 2.75) is 6.92 Å². The predicted octanol–water partition coefficient (Wildman–Crippen LogP) is 5.91. The molecule has 0 heterocycles. The van der Waals surface area contributed by atoms with Crippen LogP contribution >= 0.6 is 12.2 Å². The Morgan fingerprint density at radius 1 is 0.667 bits per heavy atom. The summed E-state index contributed by atoms with van der Waals surface area (Å²) in [5.74, 6) is 0.752. The van der Waals surface area contributed by atoms with Crippen LogP contribution < -0.4 is 4.74 Å². The summed E-state index contributed by atoms with van der Waals surface area (Å²) in [4.78, 5) is 0. The highest BCUT2D eigenvalue weighted by atomic mass is 32.1. The van der Waals surface area contributed by atoms with E-state index < -0.39 is 0 Å². The largest absolute Gasteiger partial charge is 0.446 e. The van der Waals surface area contributed by atoms with Gasteiger partial charge in [0.1, 0.15) is 5.75 Å². The van der Waals surface area contributed by atoms with Gasteiger partial charge in [-0.15, -0.1) is 0 Å². The lowest BCUT2D eigenvalue weighted by atomic mass is 9.94. The molecule has 0 N–H and O–H groups in total. The fourth-order valence-corrected chi connectivity index (χ4v) is 2.78. The summed E-state index contributed by atoms with van der Waals surface area (Å²) in [6, 6.07) is 30.2. The van der Waals surface area contributed by atoms with E-state index in [1.165, 1.54) is 0 Å². The first-order chi connectivity index (χ1) is 11.8. The van der Waals surface area contributed by atoms with Gasteiger partial charge in [-0.1, -0.05) is 78.9 Å².